The molecule has 4 nitrogen and oxygen atoms in total. The van der Waals surface area contributed by atoms with E-state index in [0.717, 1.165) is 0 Å². The van der Waals surface area contributed by atoms with Crippen molar-refractivity contribution in [3.63, 3.8) is 0 Å². The largest absolute Gasteiger partial charge is 0.337 e. The molecule has 0 aromatic carbocycles. The van der Waals surface area contributed by atoms with E-state index in [1.807, 2.05) is 0 Å². The van der Waals surface area contributed by atoms with Gasteiger partial charge in [-0.3, -0.25) is 0 Å². The van der Waals surface area contributed by atoms with Crippen molar-refractivity contribution in [3.05, 3.63) is 0 Å². The first kappa shape index (κ1) is 3.42. The molecule has 33 valence electrons. The highest BCUT2D eigenvalue weighted by molar-refractivity contribution is 5.54. The average Bonchev–Trinajstić information content (AvgIpc) is 1.86. The summed E-state index contributed by atoms with van der Waals surface area (Å²) in [4.78, 5) is 4.06. The summed E-state index contributed by atoms with van der Waals surface area (Å²) >= 11 is 0. The fraction of sp³-hybridized carbons (Fsp3) is 0.500. The number of hydrogen-bond acceptors (Lipinski definition) is 3. The van der Waals surface area contributed by atoms with Crippen molar-refractivity contribution < 1.29 is 9.94 Å². The Labute approximate surface area is 34.4 Å². The van der Waals surface area contributed by atoms with E-state index < -0.39 is 6.41 Å². The molecule has 0 aromatic heterocycles. The van der Waals surface area contributed by atoms with Crippen LogP contribution in [0.2, 0.25) is 0 Å². The maximum absolute atomic E-state index is 9.87. The highest BCUT2D eigenvalue weighted by atomic mass is 16.7. The third-order valence-electron chi connectivity index (χ3n) is 0.420. The van der Waals surface area contributed by atoms with E-state index in [-0.39, 0.29) is 0 Å². The normalized spacial score (nSPS) is 29.2. The lowest BCUT2D eigenvalue weighted by molar-refractivity contribution is -0.132. The SMILES string of the molecule is [O]C1NC=NO1. The summed E-state index contributed by atoms with van der Waals surface area (Å²) in [5.74, 6) is 0. The first-order valence-electron chi connectivity index (χ1n) is 1.49. The minimum absolute atomic E-state index is 1.18. The zero-order valence-corrected chi connectivity index (χ0v) is 2.92. The second-order valence-corrected chi connectivity index (χ2v) is 0.839. The molecule has 0 aliphatic carbocycles. The summed E-state index contributed by atoms with van der Waals surface area (Å²) in [5, 5.41) is 15.2. The Morgan fingerprint density at radius 2 is 2.83 bits per heavy atom. The van der Waals surface area contributed by atoms with Crippen molar-refractivity contribution in [2.45, 2.75) is 6.41 Å². The zero-order chi connectivity index (χ0) is 4.41. The first-order chi connectivity index (χ1) is 2.89. The van der Waals surface area contributed by atoms with E-state index in [4.69, 9.17) is 0 Å². The van der Waals surface area contributed by atoms with Crippen LogP contribution in [0.15, 0.2) is 5.16 Å². The molecule has 0 amide bonds. The molecule has 0 spiro atoms. The molecule has 1 heterocycles. The molecular formula is C2H3N2O2. The molecule has 0 saturated heterocycles. The zero-order valence-electron chi connectivity index (χ0n) is 2.92. The topological polar surface area (TPSA) is 53.5 Å². The van der Waals surface area contributed by atoms with Gasteiger partial charge in [-0.15, -0.1) is 0 Å². The fourth-order valence-corrected chi connectivity index (χ4v) is 0.207. The lowest BCUT2D eigenvalue weighted by atomic mass is 11.1. The van der Waals surface area contributed by atoms with Gasteiger partial charge >= 0.3 is 6.41 Å². The van der Waals surface area contributed by atoms with Crippen LogP contribution in [0.4, 0.5) is 0 Å². The predicted molar refractivity (Wildman–Crippen MR) is 17.2 cm³/mol. The maximum atomic E-state index is 9.87. The van der Waals surface area contributed by atoms with Gasteiger partial charge in [0.15, 0.2) is 0 Å². The molecule has 0 fully saturated rings. The lowest BCUT2D eigenvalue weighted by Crippen LogP contribution is -2.20. The minimum atomic E-state index is -1.18. The maximum Gasteiger partial charge on any atom is 0.334 e. The van der Waals surface area contributed by atoms with Gasteiger partial charge in [-0.2, -0.15) is 5.11 Å². The lowest BCUT2D eigenvalue weighted by Gasteiger charge is -1.91. The van der Waals surface area contributed by atoms with Crippen molar-refractivity contribution in [2.75, 3.05) is 0 Å². The quantitative estimate of drug-likeness (QED) is 0.423. The van der Waals surface area contributed by atoms with Crippen LogP contribution in [-0.4, -0.2) is 12.8 Å². The Morgan fingerprint density at radius 1 is 2.00 bits per heavy atom. The van der Waals surface area contributed by atoms with Crippen molar-refractivity contribution in [1.82, 2.24) is 5.32 Å². The molecule has 1 N–H and O–H groups in total. The number of nitrogens with zero attached hydrogens (tertiary/aromatic N) is 1. The standard InChI is InChI=1S/C2H3N2O2/c5-2-3-1-4-6-2/h1-2H,(H,3,4). The Kier molecular flexibility index (Phi) is 0.648. The van der Waals surface area contributed by atoms with E-state index in [1.54, 1.807) is 0 Å². The van der Waals surface area contributed by atoms with Gasteiger partial charge in [0.05, 0.1) is 0 Å². The van der Waals surface area contributed by atoms with Gasteiger partial charge in [0.1, 0.15) is 6.34 Å². The second-order valence-electron chi connectivity index (χ2n) is 0.839. The molecule has 1 aliphatic heterocycles. The van der Waals surface area contributed by atoms with Gasteiger partial charge in [0.25, 0.3) is 0 Å². The number of hydrogen-bond donors (Lipinski definition) is 1. The summed E-state index contributed by atoms with van der Waals surface area (Å²) in [7, 11) is 0. The molecule has 1 aliphatic rings. The smallest absolute Gasteiger partial charge is 0.334 e. The van der Waals surface area contributed by atoms with E-state index in [1.165, 1.54) is 6.34 Å². The summed E-state index contributed by atoms with van der Waals surface area (Å²) < 4.78 is 0. The summed E-state index contributed by atoms with van der Waals surface area (Å²) in [6.45, 7) is 0. The van der Waals surface area contributed by atoms with E-state index >= 15 is 0 Å². The molecule has 0 saturated carbocycles. The van der Waals surface area contributed by atoms with Gasteiger partial charge in [-0.25, -0.2) is 0 Å². The number of nitrogens with one attached hydrogen (secondary N) is 1. The average molecular weight is 87.1 g/mol. The summed E-state index contributed by atoms with van der Waals surface area (Å²) in [5.41, 5.74) is 0. The van der Waals surface area contributed by atoms with Crippen LogP contribution in [0.5, 0.6) is 0 Å². The fourth-order valence-electron chi connectivity index (χ4n) is 0.207. The first-order valence-corrected chi connectivity index (χ1v) is 1.49. The molecule has 1 unspecified atom stereocenters. The molecule has 0 aromatic rings. The van der Waals surface area contributed by atoms with E-state index in [2.05, 4.69) is 15.3 Å². The van der Waals surface area contributed by atoms with Gasteiger partial charge in [-0.05, 0) is 0 Å². The highest BCUT2D eigenvalue weighted by Crippen LogP contribution is 1.85. The monoisotopic (exact) mass is 87.0 g/mol. The molecular weight excluding hydrogens is 84.0 g/mol. The second kappa shape index (κ2) is 1.14. The van der Waals surface area contributed by atoms with Gasteiger partial charge in [-0.1, -0.05) is 5.16 Å². The summed E-state index contributed by atoms with van der Waals surface area (Å²) in [6.07, 6.45) is 0.0440. The van der Waals surface area contributed by atoms with Crippen LogP contribution in [0.1, 0.15) is 0 Å². The number of oxime groups is 1. The molecule has 4 heteroatoms. The highest BCUT2D eigenvalue weighted by Gasteiger charge is 2.04. The third-order valence-corrected chi connectivity index (χ3v) is 0.420. The van der Waals surface area contributed by atoms with Crippen molar-refractivity contribution in [2.24, 2.45) is 5.16 Å². The van der Waals surface area contributed by atoms with Crippen LogP contribution in [0.25, 0.3) is 0 Å². The van der Waals surface area contributed by atoms with Crippen molar-refractivity contribution >= 4 is 6.34 Å². The Balaban J connectivity index is 2.32. The Morgan fingerprint density at radius 3 is 3.00 bits per heavy atom. The van der Waals surface area contributed by atoms with E-state index in [9.17, 15) is 5.11 Å². The van der Waals surface area contributed by atoms with Crippen LogP contribution < -0.4 is 5.32 Å². The Bertz CT molecular complexity index is 63.9. The van der Waals surface area contributed by atoms with Crippen molar-refractivity contribution in [3.8, 4) is 0 Å². The van der Waals surface area contributed by atoms with Gasteiger partial charge in [0.2, 0.25) is 0 Å². The van der Waals surface area contributed by atoms with Crippen molar-refractivity contribution in [1.29, 1.82) is 0 Å². The third kappa shape index (κ3) is 0.414. The molecule has 6 heavy (non-hydrogen) atoms. The Hall–Kier alpha value is -0.770. The predicted octanol–water partition coefficient (Wildman–Crippen LogP) is -0.736. The van der Waals surface area contributed by atoms with Crippen LogP contribution in [0, 0.1) is 0 Å². The van der Waals surface area contributed by atoms with Crippen LogP contribution in [0.3, 0.4) is 0 Å². The summed E-state index contributed by atoms with van der Waals surface area (Å²) in [6, 6.07) is 0. The molecule has 0 bridgehead atoms. The molecule has 1 rings (SSSR count). The van der Waals surface area contributed by atoms with Gasteiger partial charge < -0.3 is 10.2 Å². The minimum Gasteiger partial charge on any atom is -0.337 e. The van der Waals surface area contributed by atoms with Crippen LogP contribution in [-0.2, 0) is 9.94 Å². The number of rotatable bonds is 0. The molecule has 1 atom stereocenters. The molecule has 1 radical (unpaired) electrons. The van der Waals surface area contributed by atoms with Gasteiger partial charge in [0, 0.05) is 0 Å². The van der Waals surface area contributed by atoms with Crippen LogP contribution >= 0.6 is 0 Å². The van der Waals surface area contributed by atoms with E-state index in [0.29, 0.717) is 0 Å².